The molecule has 2 aliphatic rings. The van der Waals surface area contributed by atoms with Crippen LogP contribution in [-0.2, 0) is 0 Å². The van der Waals surface area contributed by atoms with Crippen LogP contribution in [0.1, 0.15) is 57.8 Å². The Hall–Kier alpha value is -0.260. The van der Waals surface area contributed by atoms with Gasteiger partial charge in [0.05, 0.1) is 0 Å². The average molecular weight is 164 g/mol. The van der Waals surface area contributed by atoms with Crippen molar-refractivity contribution in [2.75, 3.05) is 0 Å². The molecule has 1 fully saturated rings. The summed E-state index contributed by atoms with van der Waals surface area (Å²) in [5.41, 5.74) is 0.667. The Balaban J connectivity index is 2.04. The van der Waals surface area contributed by atoms with Gasteiger partial charge in [-0.05, 0) is 37.5 Å². The summed E-state index contributed by atoms with van der Waals surface area (Å²) in [6, 6.07) is 0. The summed E-state index contributed by atoms with van der Waals surface area (Å²) in [5, 5.41) is 0. The van der Waals surface area contributed by atoms with E-state index in [-0.39, 0.29) is 0 Å². The van der Waals surface area contributed by atoms with E-state index in [0.29, 0.717) is 5.41 Å². The molecule has 0 bridgehead atoms. The third-order valence-electron chi connectivity index (χ3n) is 3.62. The molecule has 0 heteroatoms. The molecule has 0 nitrogen and oxygen atoms in total. The molecule has 0 unspecified atom stereocenters. The molecular formula is C12H20. The second-order valence-electron chi connectivity index (χ2n) is 4.57. The molecule has 0 aromatic carbocycles. The normalized spacial score (nSPS) is 31.3. The van der Waals surface area contributed by atoms with Crippen molar-refractivity contribution >= 4 is 0 Å². The molecular weight excluding hydrogens is 144 g/mol. The molecule has 0 aromatic heterocycles. The predicted molar refractivity (Wildman–Crippen MR) is 53.1 cm³/mol. The Morgan fingerprint density at radius 3 is 2.17 bits per heavy atom. The van der Waals surface area contributed by atoms with Gasteiger partial charge in [-0.15, -0.1) is 0 Å². The van der Waals surface area contributed by atoms with E-state index < -0.39 is 0 Å². The van der Waals surface area contributed by atoms with E-state index in [4.69, 9.17) is 0 Å². The SMILES string of the molecule is C1=C\C2(CCCCC/1)CCCC2. The van der Waals surface area contributed by atoms with Crippen molar-refractivity contribution in [3.63, 3.8) is 0 Å². The molecule has 0 aliphatic heterocycles. The molecule has 1 spiro atoms. The summed E-state index contributed by atoms with van der Waals surface area (Å²) < 4.78 is 0. The van der Waals surface area contributed by atoms with Crippen molar-refractivity contribution in [1.82, 2.24) is 0 Å². The highest BCUT2D eigenvalue weighted by Gasteiger charge is 2.30. The lowest BCUT2D eigenvalue weighted by Crippen LogP contribution is -2.13. The minimum atomic E-state index is 0.667. The Morgan fingerprint density at radius 1 is 0.750 bits per heavy atom. The summed E-state index contributed by atoms with van der Waals surface area (Å²) in [5.74, 6) is 0. The van der Waals surface area contributed by atoms with E-state index in [0.717, 1.165) is 0 Å². The van der Waals surface area contributed by atoms with Crippen LogP contribution in [-0.4, -0.2) is 0 Å². The van der Waals surface area contributed by atoms with Crippen molar-refractivity contribution in [2.45, 2.75) is 57.8 Å². The first-order chi connectivity index (χ1) is 5.91. The van der Waals surface area contributed by atoms with E-state index >= 15 is 0 Å². The molecule has 2 rings (SSSR count). The smallest absolute Gasteiger partial charge is 0.0118 e. The van der Waals surface area contributed by atoms with Gasteiger partial charge in [0.1, 0.15) is 0 Å². The lowest BCUT2D eigenvalue weighted by molar-refractivity contribution is 0.339. The van der Waals surface area contributed by atoms with Crippen LogP contribution >= 0.6 is 0 Å². The van der Waals surface area contributed by atoms with E-state index in [1.807, 2.05) is 0 Å². The summed E-state index contributed by atoms with van der Waals surface area (Å²) in [7, 11) is 0. The maximum absolute atomic E-state index is 2.55. The Morgan fingerprint density at radius 2 is 1.42 bits per heavy atom. The fourth-order valence-corrected chi connectivity index (χ4v) is 2.83. The van der Waals surface area contributed by atoms with Crippen molar-refractivity contribution in [2.24, 2.45) is 5.41 Å². The van der Waals surface area contributed by atoms with Crippen LogP contribution < -0.4 is 0 Å². The summed E-state index contributed by atoms with van der Waals surface area (Å²) >= 11 is 0. The summed E-state index contributed by atoms with van der Waals surface area (Å²) in [4.78, 5) is 0. The molecule has 0 radical (unpaired) electrons. The highest BCUT2D eigenvalue weighted by atomic mass is 14.3. The molecule has 0 saturated heterocycles. The van der Waals surface area contributed by atoms with Crippen molar-refractivity contribution < 1.29 is 0 Å². The second-order valence-corrected chi connectivity index (χ2v) is 4.57. The molecule has 0 amide bonds. The monoisotopic (exact) mass is 164 g/mol. The lowest BCUT2D eigenvalue weighted by atomic mass is 9.79. The van der Waals surface area contributed by atoms with Gasteiger partial charge in [-0.25, -0.2) is 0 Å². The van der Waals surface area contributed by atoms with E-state index in [1.165, 1.54) is 57.8 Å². The minimum Gasteiger partial charge on any atom is -0.0880 e. The third-order valence-corrected chi connectivity index (χ3v) is 3.62. The number of hydrogen-bond donors (Lipinski definition) is 0. The van der Waals surface area contributed by atoms with Gasteiger partial charge in [0.15, 0.2) is 0 Å². The summed E-state index contributed by atoms with van der Waals surface area (Å²) in [6.07, 6.45) is 18.1. The van der Waals surface area contributed by atoms with Crippen LogP contribution in [0.5, 0.6) is 0 Å². The van der Waals surface area contributed by atoms with Crippen LogP contribution in [0.15, 0.2) is 12.2 Å². The largest absolute Gasteiger partial charge is 0.0880 e. The summed E-state index contributed by atoms with van der Waals surface area (Å²) in [6.45, 7) is 0. The zero-order valence-corrected chi connectivity index (χ0v) is 8.02. The van der Waals surface area contributed by atoms with Gasteiger partial charge < -0.3 is 0 Å². The standard InChI is InChI=1S/C12H20/c1-2-4-8-12(9-5-3-1)10-6-7-11-12/h4,8H,1-3,5-7,9-11H2/b8-4-. The van der Waals surface area contributed by atoms with Crippen LogP contribution in [0, 0.1) is 5.41 Å². The van der Waals surface area contributed by atoms with Gasteiger partial charge in [0.2, 0.25) is 0 Å². The fraction of sp³-hybridized carbons (Fsp3) is 0.833. The third kappa shape index (κ3) is 1.73. The number of hydrogen-bond acceptors (Lipinski definition) is 0. The molecule has 68 valence electrons. The Labute approximate surface area is 76.1 Å². The first kappa shape index (κ1) is 8.34. The van der Waals surface area contributed by atoms with Gasteiger partial charge in [0.25, 0.3) is 0 Å². The highest BCUT2D eigenvalue weighted by molar-refractivity contribution is 5.03. The van der Waals surface area contributed by atoms with E-state index in [2.05, 4.69) is 12.2 Å². The molecule has 0 heterocycles. The maximum atomic E-state index is 2.55. The van der Waals surface area contributed by atoms with Crippen molar-refractivity contribution in [1.29, 1.82) is 0 Å². The fourth-order valence-electron chi connectivity index (χ4n) is 2.83. The Bertz CT molecular complexity index is 161. The molecule has 0 atom stereocenters. The molecule has 12 heavy (non-hydrogen) atoms. The number of allylic oxidation sites excluding steroid dienone is 2. The van der Waals surface area contributed by atoms with Crippen molar-refractivity contribution in [3.8, 4) is 0 Å². The quantitative estimate of drug-likeness (QED) is 0.473. The molecule has 2 aliphatic carbocycles. The molecule has 0 aromatic rings. The Kier molecular flexibility index (Phi) is 2.53. The van der Waals surface area contributed by atoms with Gasteiger partial charge in [-0.2, -0.15) is 0 Å². The van der Waals surface area contributed by atoms with Gasteiger partial charge in [-0.1, -0.05) is 37.8 Å². The predicted octanol–water partition coefficient (Wildman–Crippen LogP) is 4.07. The molecule has 0 N–H and O–H groups in total. The molecule has 1 saturated carbocycles. The van der Waals surface area contributed by atoms with E-state index in [1.54, 1.807) is 0 Å². The van der Waals surface area contributed by atoms with Gasteiger partial charge >= 0.3 is 0 Å². The number of rotatable bonds is 0. The second kappa shape index (κ2) is 3.64. The van der Waals surface area contributed by atoms with Crippen LogP contribution in [0.2, 0.25) is 0 Å². The van der Waals surface area contributed by atoms with Gasteiger partial charge in [-0.3, -0.25) is 0 Å². The highest BCUT2D eigenvalue weighted by Crippen LogP contribution is 2.44. The van der Waals surface area contributed by atoms with Crippen LogP contribution in [0.25, 0.3) is 0 Å². The van der Waals surface area contributed by atoms with Crippen LogP contribution in [0.4, 0.5) is 0 Å². The topological polar surface area (TPSA) is 0 Å². The maximum Gasteiger partial charge on any atom is -0.0118 e. The zero-order chi connectivity index (χ0) is 8.28. The minimum absolute atomic E-state index is 0.667. The average Bonchev–Trinajstić information content (AvgIpc) is 2.47. The van der Waals surface area contributed by atoms with Crippen molar-refractivity contribution in [3.05, 3.63) is 12.2 Å². The van der Waals surface area contributed by atoms with Gasteiger partial charge in [0, 0.05) is 0 Å². The van der Waals surface area contributed by atoms with Crippen LogP contribution in [0.3, 0.4) is 0 Å². The zero-order valence-electron chi connectivity index (χ0n) is 8.02. The van der Waals surface area contributed by atoms with E-state index in [9.17, 15) is 0 Å². The lowest BCUT2D eigenvalue weighted by Gasteiger charge is -2.26. The first-order valence-electron chi connectivity index (χ1n) is 5.59. The first-order valence-corrected chi connectivity index (χ1v) is 5.59.